The molecule has 1 heterocycles. The average molecular weight is 536 g/mol. The lowest BCUT2D eigenvalue weighted by Gasteiger charge is -2.09. The second-order valence-corrected chi connectivity index (χ2v) is 8.15. The van der Waals surface area contributed by atoms with Gasteiger partial charge >= 0.3 is 17.9 Å². The number of ether oxygens (including phenoxy) is 4. The number of benzene rings is 3. The van der Waals surface area contributed by atoms with Crippen LogP contribution in [0.2, 0.25) is 0 Å². The van der Waals surface area contributed by atoms with Gasteiger partial charge in [0.05, 0.1) is 12.7 Å². The summed E-state index contributed by atoms with van der Waals surface area (Å²) in [5, 5.41) is 0. The molecule has 3 aromatic carbocycles. The summed E-state index contributed by atoms with van der Waals surface area (Å²) in [5.74, 6) is -0.885. The van der Waals surface area contributed by atoms with E-state index in [-0.39, 0.29) is 28.8 Å². The van der Waals surface area contributed by atoms with Gasteiger partial charge in [-0.2, -0.15) is 0 Å². The summed E-state index contributed by atoms with van der Waals surface area (Å²) in [4.78, 5) is 40.6. The minimum atomic E-state index is -0.669. The number of para-hydroxylation sites is 1. The summed E-state index contributed by atoms with van der Waals surface area (Å²) in [6.07, 6.45) is 1.48. The number of esters is 3. The van der Waals surface area contributed by atoms with E-state index in [1.807, 2.05) is 0 Å². The molecule has 0 N–H and O–H groups in total. The van der Waals surface area contributed by atoms with E-state index in [0.29, 0.717) is 16.7 Å². The summed E-state index contributed by atoms with van der Waals surface area (Å²) in [7, 11) is 1.42. The highest BCUT2D eigenvalue weighted by atomic mass is 79.9. The molecule has 0 spiro atoms. The fraction of sp³-hybridized carbons (Fsp3) is 0.0769. The van der Waals surface area contributed by atoms with Crippen molar-refractivity contribution in [3.05, 3.63) is 93.6 Å². The number of methoxy groups -OCH3 is 1. The number of cyclic esters (lactones) is 1. The zero-order chi connectivity index (χ0) is 24.9. The van der Waals surface area contributed by atoms with Crippen LogP contribution < -0.4 is 14.2 Å². The molecule has 4 rings (SSSR count). The number of hydrogen-bond acceptors (Lipinski definition) is 8. The highest BCUT2D eigenvalue weighted by molar-refractivity contribution is 9.10. The van der Waals surface area contributed by atoms with E-state index < -0.39 is 17.9 Å². The smallest absolute Gasteiger partial charge is 0.363 e. The predicted molar refractivity (Wildman–Crippen MR) is 130 cm³/mol. The molecular weight excluding hydrogens is 518 g/mol. The fourth-order valence-corrected chi connectivity index (χ4v) is 3.42. The van der Waals surface area contributed by atoms with Gasteiger partial charge in [-0.15, -0.1) is 0 Å². The predicted octanol–water partition coefficient (Wildman–Crippen LogP) is 4.95. The molecule has 0 bridgehead atoms. The molecular formula is C26H18BrNO7. The number of aliphatic imine (C=N–C) groups is 1. The highest BCUT2D eigenvalue weighted by Crippen LogP contribution is 2.31. The van der Waals surface area contributed by atoms with Crippen molar-refractivity contribution in [2.45, 2.75) is 6.92 Å². The summed E-state index contributed by atoms with van der Waals surface area (Å²) >= 11 is 3.33. The lowest BCUT2D eigenvalue weighted by Crippen LogP contribution is -2.09. The molecule has 8 nitrogen and oxygen atoms in total. The van der Waals surface area contributed by atoms with Crippen molar-refractivity contribution in [3.8, 4) is 17.2 Å². The molecule has 35 heavy (non-hydrogen) atoms. The second kappa shape index (κ2) is 10.4. The van der Waals surface area contributed by atoms with E-state index in [1.165, 1.54) is 26.2 Å². The van der Waals surface area contributed by atoms with Crippen LogP contribution >= 0.6 is 15.9 Å². The molecule has 0 radical (unpaired) electrons. The van der Waals surface area contributed by atoms with E-state index in [9.17, 15) is 14.4 Å². The van der Waals surface area contributed by atoms with E-state index in [0.717, 1.165) is 4.47 Å². The Balaban J connectivity index is 1.60. The van der Waals surface area contributed by atoms with Crippen molar-refractivity contribution in [2.24, 2.45) is 4.99 Å². The number of carbonyl (C=O) groups is 3. The Morgan fingerprint density at radius 3 is 2.40 bits per heavy atom. The summed E-state index contributed by atoms with van der Waals surface area (Å²) in [5.41, 5.74) is 1.32. The van der Waals surface area contributed by atoms with E-state index in [1.54, 1.807) is 60.7 Å². The first-order valence-corrected chi connectivity index (χ1v) is 11.1. The maximum atomic E-state index is 12.6. The van der Waals surface area contributed by atoms with Gasteiger partial charge in [0.1, 0.15) is 5.75 Å². The minimum absolute atomic E-state index is 0.0233. The Labute approximate surface area is 208 Å². The van der Waals surface area contributed by atoms with E-state index in [2.05, 4.69) is 20.9 Å². The number of hydrogen-bond donors (Lipinski definition) is 0. The highest BCUT2D eigenvalue weighted by Gasteiger charge is 2.26. The molecule has 1 aliphatic rings. The van der Waals surface area contributed by atoms with Crippen LogP contribution in [-0.2, 0) is 14.3 Å². The van der Waals surface area contributed by atoms with Crippen LogP contribution in [0.3, 0.4) is 0 Å². The standard InChI is InChI=1S/C26H18BrNO7/c1-15(29)33-22-12-9-18(14-23(22)32-2)24-28-20(26(31)35-24)13-17-5-3-4-6-21(17)34-25(30)16-7-10-19(27)11-8-16/h3-14H,1-2H3/b20-13-. The lowest BCUT2D eigenvalue weighted by molar-refractivity contribution is -0.132. The normalized spacial score (nSPS) is 13.7. The van der Waals surface area contributed by atoms with Gasteiger partial charge in [-0.25, -0.2) is 14.6 Å². The molecule has 0 unspecified atom stereocenters. The van der Waals surface area contributed by atoms with Gasteiger partial charge in [-0.3, -0.25) is 4.79 Å². The van der Waals surface area contributed by atoms with Crippen LogP contribution in [0.25, 0.3) is 6.08 Å². The first-order valence-electron chi connectivity index (χ1n) is 10.3. The molecule has 3 aromatic rings. The van der Waals surface area contributed by atoms with Crippen LogP contribution in [-0.4, -0.2) is 30.9 Å². The summed E-state index contributed by atoms with van der Waals surface area (Å²) < 4.78 is 22.1. The maximum Gasteiger partial charge on any atom is 0.363 e. The number of nitrogens with zero attached hydrogens (tertiary/aromatic N) is 1. The number of rotatable bonds is 6. The molecule has 176 valence electrons. The van der Waals surface area contributed by atoms with Crippen LogP contribution in [0.5, 0.6) is 17.2 Å². The van der Waals surface area contributed by atoms with E-state index in [4.69, 9.17) is 18.9 Å². The van der Waals surface area contributed by atoms with Gasteiger partial charge in [0.25, 0.3) is 0 Å². The quantitative estimate of drug-likeness (QED) is 0.250. The minimum Gasteiger partial charge on any atom is -0.493 e. The molecule has 0 amide bonds. The van der Waals surface area contributed by atoms with Crippen LogP contribution in [0.1, 0.15) is 28.4 Å². The number of halogens is 1. The maximum absolute atomic E-state index is 12.6. The molecule has 0 fully saturated rings. The molecule has 0 aromatic heterocycles. The van der Waals surface area contributed by atoms with Gasteiger partial charge in [0.2, 0.25) is 5.90 Å². The van der Waals surface area contributed by atoms with Crippen molar-refractivity contribution in [3.63, 3.8) is 0 Å². The molecule has 1 aliphatic heterocycles. The molecule has 0 aliphatic carbocycles. The largest absolute Gasteiger partial charge is 0.493 e. The van der Waals surface area contributed by atoms with E-state index >= 15 is 0 Å². The third-order valence-electron chi connectivity index (χ3n) is 4.78. The van der Waals surface area contributed by atoms with Crippen molar-refractivity contribution in [1.29, 1.82) is 0 Å². The Hall–Kier alpha value is -4.24. The molecule has 0 saturated heterocycles. The Morgan fingerprint density at radius 1 is 0.943 bits per heavy atom. The van der Waals surface area contributed by atoms with Gasteiger partial charge in [-0.1, -0.05) is 34.1 Å². The third kappa shape index (κ3) is 5.64. The van der Waals surface area contributed by atoms with Crippen molar-refractivity contribution in [1.82, 2.24) is 0 Å². The Morgan fingerprint density at radius 2 is 1.69 bits per heavy atom. The number of carbonyl (C=O) groups excluding carboxylic acids is 3. The Kier molecular flexibility index (Phi) is 7.07. The third-order valence-corrected chi connectivity index (χ3v) is 5.31. The zero-order valence-corrected chi connectivity index (χ0v) is 20.2. The lowest BCUT2D eigenvalue weighted by atomic mass is 10.1. The topological polar surface area (TPSA) is 100 Å². The summed E-state index contributed by atoms with van der Waals surface area (Å²) in [6, 6.07) is 18.2. The van der Waals surface area contributed by atoms with Gasteiger partial charge in [-0.05, 0) is 54.6 Å². The second-order valence-electron chi connectivity index (χ2n) is 7.23. The molecule has 0 atom stereocenters. The zero-order valence-electron chi connectivity index (χ0n) is 18.6. The van der Waals surface area contributed by atoms with Crippen molar-refractivity contribution in [2.75, 3.05) is 7.11 Å². The van der Waals surface area contributed by atoms with Crippen molar-refractivity contribution < 1.29 is 33.3 Å². The van der Waals surface area contributed by atoms with Crippen LogP contribution in [0.15, 0.2) is 81.9 Å². The van der Waals surface area contributed by atoms with Crippen molar-refractivity contribution >= 4 is 45.8 Å². The first kappa shape index (κ1) is 23.9. The van der Waals surface area contributed by atoms with Crippen LogP contribution in [0.4, 0.5) is 0 Å². The van der Waals surface area contributed by atoms with Crippen LogP contribution in [0, 0.1) is 0 Å². The Bertz CT molecular complexity index is 1380. The fourth-order valence-electron chi connectivity index (χ4n) is 3.16. The van der Waals surface area contributed by atoms with Gasteiger partial charge in [0.15, 0.2) is 17.2 Å². The molecule has 9 heteroatoms. The summed E-state index contributed by atoms with van der Waals surface area (Å²) in [6.45, 7) is 1.28. The van der Waals surface area contributed by atoms with Gasteiger partial charge in [0, 0.05) is 22.5 Å². The average Bonchev–Trinajstić information content (AvgIpc) is 3.20. The first-order chi connectivity index (χ1) is 16.8. The van der Waals surface area contributed by atoms with Gasteiger partial charge < -0.3 is 18.9 Å². The monoisotopic (exact) mass is 535 g/mol. The molecule has 0 saturated carbocycles. The SMILES string of the molecule is COc1cc(C2=N/C(=C\c3ccccc3OC(=O)c3ccc(Br)cc3)C(=O)O2)ccc1OC(C)=O.